The minimum Gasteiger partial charge on any atom is -0.468 e. The van der Waals surface area contributed by atoms with Gasteiger partial charge in [0, 0.05) is 17.1 Å². The van der Waals surface area contributed by atoms with Crippen LogP contribution in [0.3, 0.4) is 0 Å². The van der Waals surface area contributed by atoms with E-state index in [1.54, 1.807) is 18.2 Å². The van der Waals surface area contributed by atoms with Crippen molar-refractivity contribution in [1.29, 1.82) is 0 Å². The van der Waals surface area contributed by atoms with Crippen molar-refractivity contribution < 1.29 is 28.7 Å². The number of hydrogen-bond acceptors (Lipinski definition) is 6. The molecule has 9 heteroatoms. The van der Waals surface area contributed by atoms with Gasteiger partial charge in [-0.2, -0.15) is 0 Å². The van der Waals surface area contributed by atoms with Gasteiger partial charge in [-0.05, 0) is 56.2 Å². The van der Waals surface area contributed by atoms with E-state index in [0.717, 1.165) is 27.5 Å². The van der Waals surface area contributed by atoms with Crippen LogP contribution >= 0.6 is 0 Å². The fourth-order valence-electron chi connectivity index (χ4n) is 3.57. The third kappa shape index (κ3) is 3.94. The molecule has 1 N–H and O–H groups in total. The highest BCUT2D eigenvalue weighted by molar-refractivity contribution is 6.15. The van der Waals surface area contributed by atoms with Crippen molar-refractivity contribution in [3.05, 3.63) is 58.0 Å². The summed E-state index contributed by atoms with van der Waals surface area (Å²) in [6.45, 7) is 5.15. The summed E-state index contributed by atoms with van der Waals surface area (Å²) in [5, 5.41) is 2.49. The van der Waals surface area contributed by atoms with Crippen molar-refractivity contribution in [2.45, 2.75) is 20.8 Å². The molecule has 2 aromatic rings. The summed E-state index contributed by atoms with van der Waals surface area (Å²) >= 11 is 0. The quantitative estimate of drug-likeness (QED) is 0.447. The van der Waals surface area contributed by atoms with Gasteiger partial charge < -0.3 is 19.4 Å². The number of amides is 3. The molecule has 1 aliphatic rings. The van der Waals surface area contributed by atoms with Gasteiger partial charge in [-0.1, -0.05) is 6.07 Å². The number of aryl methyl sites for hydroxylation is 1. The van der Waals surface area contributed by atoms with Crippen LogP contribution in [0.4, 0.5) is 4.79 Å². The average Bonchev–Trinajstić information content (AvgIpc) is 3.17. The van der Waals surface area contributed by atoms with Crippen LogP contribution < -0.4 is 5.32 Å². The molecule has 0 radical (unpaired) electrons. The molecule has 162 valence electrons. The van der Waals surface area contributed by atoms with E-state index in [4.69, 9.17) is 4.74 Å². The molecular formula is C22H23N3O6. The number of urea groups is 1. The number of aromatic nitrogens is 1. The number of benzene rings is 1. The zero-order valence-corrected chi connectivity index (χ0v) is 17.9. The number of carbonyl (C=O) groups is 4. The Bertz CT molecular complexity index is 1130. The number of imide groups is 1. The van der Waals surface area contributed by atoms with Gasteiger partial charge in [-0.3, -0.25) is 9.59 Å². The number of rotatable bonds is 5. The second-order valence-electron chi connectivity index (χ2n) is 7.06. The fraction of sp³-hybridized carbons (Fsp3) is 0.273. The molecule has 0 bridgehead atoms. The molecule has 0 atom stereocenters. The van der Waals surface area contributed by atoms with E-state index >= 15 is 0 Å². The SMILES string of the molecule is COC(=O)CN1C(=O)N/C(=C/c2cc(C)n(-c3cccc(C(=O)OC)c3C)c2C)C1=O. The van der Waals surface area contributed by atoms with Gasteiger partial charge in [0.25, 0.3) is 5.91 Å². The van der Waals surface area contributed by atoms with Crippen molar-refractivity contribution in [2.24, 2.45) is 0 Å². The Morgan fingerprint density at radius 1 is 1.10 bits per heavy atom. The topological polar surface area (TPSA) is 107 Å². The van der Waals surface area contributed by atoms with Gasteiger partial charge in [0.15, 0.2) is 0 Å². The predicted molar refractivity (Wildman–Crippen MR) is 112 cm³/mol. The predicted octanol–water partition coefficient (Wildman–Crippen LogP) is 2.25. The van der Waals surface area contributed by atoms with Crippen molar-refractivity contribution in [2.75, 3.05) is 20.8 Å². The molecule has 1 aromatic carbocycles. The minimum atomic E-state index is -0.691. The number of ether oxygens (including phenoxy) is 2. The number of nitrogens with one attached hydrogen (secondary N) is 1. The molecule has 0 unspecified atom stereocenters. The Labute approximate surface area is 179 Å². The lowest BCUT2D eigenvalue weighted by Crippen LogP contribution is -2.36. The molecule has 9 nitrogen and oxygen atoms in total. The zero-order chi connectivity index (χ0) is 22.9. The largest absolute Gasteiger partial charge is 0.468 e. The molecule has 1 fully saturated rings. The second-order valence-corrected chi connectivity index (χ2v) is 7.06. The van der Waals surface area contributed by atoms with Crippen LogP contribution in [0.25, 0.3) is 11.8 Å². The Morgan fingerprint density at radius 3 is 2.45 bits per heavy atom. The average molecular weight is 425 g/mol. The molecule has 3 amide bonds. The van der Waals surface area contributed by atoms with Crippen LogP contribution in [0.15, 0.2) is 30.0 Å². The number of methoxy groups -OCH3 is 2. The zero-order valence-electron chi connectivity index (χ0n) is 17.9. The number of carbonyl (C=O) groups excluding carboxylic acids is 4. The Balaban J connectivity index is 2.00. The highest BCUT2D eigenvalue weighted by atomic mass is 16.5. The molecule has 0 saturated carbocycles. The summed E-state index contributed by atoms with van der Waals surface area (Å²) in [5.41, 5.74) is 4.48. The number of hydrogen-bond donors (Lipinski definition) is 1. The molecule has 1 saturated heterocycles. The highest BCUT2D eigenvalue weighted by Gasteiger charge is 2.35. The summed E-state index contributed by atoms with van der Waals surface area (Å²) in [4.78, 5) is 49.0. The van der Waals surface area contributed by atoms with Crippen LogP contribution in [-0.2, 0) is 19.1 Å². The molecule has 1 aliphatic heterocycles. The highest BCUT2D eigenvalue weighted by Crippen LogP contribution is 2.27. The van der Waals surface area contributed by atoms with E-state index in [1.807, 2.05) is 37.5 Å². The first-order valence-electron chi connectivity index (χ1n) is 9.48. The summed E-state index contributed by atoms with van der Waals surface area (Å²) < 4.78 is 11.3. The van der Waals surface area contributed by atoms with Crippen LogP contribution in [0.1, 0.15) is 32.9 Å². The Hall–Kier alpha value is -3.88. The lowest BCUT2D eigenvalue weighted by Gasteiger charge is -2.15. The summed E-state index contributed by atoms with van der Waals surface area (Å²) in [7, 11) is 2.52. The monoisotopic (exact) mass is 425 g/mol. The van der Waals surface area contributed by atoms with Crippen LogP contribution in [0, 0.1) is 20.8 Å². The number of nitrogens with zero attached hydrogens (tertiary/aromatic N) is 2. The smallest absolute Gasteiger partial charge is 0.338 e. The summed E-state index contributed by atoms with van der Waals surface area (Å²) in [6.07, 6.45) is 1.57. The van der Waals surface area contributed by atoms with Crippen molar-refractivity contribution in [3.63, 3.8) is 0 Å². The van der Waals surface area contributed by atoms with Gasteiger partial charge in [-0.15, -0.1) is 0 Å². The maximum absolute atomic E-state index is 12.6. The van der Waals surface area contributed by atoms with Gasteiger partial charge >= 0.3 is 18.0 Å². The van der Waals surface area contributed by atoms with E-state index in [1.165, 1.54) is 14.2 Å². The normalized spacial score (nSPS) is 14.7. The molecule has 2 heterocycles. The second kappa shape index (κ2) is 8.47. The Kier molecular flexibility index (Phi) is 5.96. The molecule has 31 heavy (non-hydrogen) atoms. The van der Waals surface area contributed by atoms with E-state index < -0.39 is 30.4 Å². The third-order valence-electron chi connectivity index (χ3n) is 5.20. The minimum absolute atomic E-state index is 0.0641. The lowest BCUT2D eigenvalue weighted by atomic mass is 10.1. The van der Waals surface area contributed by atoms with Gasteiger partial charge in [0.2, 0.25) is 0 Å². The van der Waals surface area contributed by atoms with Crippen molar-refractivity contribution in [1.82, 2.24) is 14.8 Å². The van der Waals surface area contributed by atoms with Crippen LogP contribution in [0.5, 0.6) is 0 Å². The van der Waals surface area contributed by atoms with E-state index in [2.05, 4.69) is 10.1 Å². The van der Waals surface area contributed by atoms with Crippen LogP contribution in [0.2, 0.25) is 0 Å². The first-order valence-corrected chi connectivity index (χ1v) is 9.48. The number of esters is 2. The van der Waals surface area contributed by atoms with E-state index in [9.17, 15) is 19.2 Å². The molecule has 1 aromatic heterocycles. The molecule has 0 aliphatic carbocycles. The van der Waals surface area contributed by atoms with Crippen molar-refractivity contribution >= 4 is 30.0 Å². The standard InChI is InChI=1S/C22H23N3O6/c1-12-9-15(10-17-20(27)24(22(29)23-17)11-19(26)30-4)14(3)25(12)18-8-6-7-16(13(18)2)21(28)31-5/h6-10H,11H2,1-5H3,(H,23,29)/b17-10+. The summed E-state index contributed by atoms with van der Waals surface area (Å²) in [6, 6.07) is 6.55. The first kappa shape index (κ1) is 21.8. The Morgan fingerprint density at radius 2 is 1.81 bits per heavy atom. The maximum Gasteiger partial charge on any atom is 0.338 e. The molecule has 3 rings (SSSR count). The van der Waals surface area contributed by atoms with E-state index in [-0.39, 0.29) is 5.70 Å². The van der Waals surface area contributed by atoms with Gasteiger partial charge in [0.05, 0.1) is 19.8 Å². The third-order valence-corrected chi connectivity index (χ3v) is 5.20. The maximum atomic E-state index is 12.6. The lowest BCUT2D eigenvalue weighted by molar-refractivity contribution is -0.143. The summed E-state index contributed by atoms with van der Waals surface area (Å²) in [5.74, 6) is -1.72. The molecular weight excluding hydrogens is 402 g/mol. The molecule has 0 spiro atoms. The van der Waals surface area contributed by atoms with Gasteiger partial charge in [-0.25, -0.2) is 14.5 Å². The van der Waals surface area contributed by atoms with E-state index in [0.29, 0.717) is 11.1 Å². The van der Waals surface area contributed by atoms with Crippen LogP contribution in [-0.4, -0.2) is 54.1 Å². The van der Waals surface area contributed by atoms with Gasteiger partial charge in [0.1, 0.15) is 12.2 Å². The first-order chi connectivity index (χ1) is 14.7. The fourth-order valence-corrected chi connectivity index (χ4v) is 3.57. The van der Waals surface area contributed by atoms with Crippen molar-refractivity contribution in [3.8, 4) is 5.69 Å².